The van der Waals surface area contributed by atoms with E-state index in [0.717, 1.165) is 51.4 Å². The van der Waals surface area contributed by atoms with E-state index < -0.39 is 5.97 Å². The molecule has 0 amide bonds. The standard InChI is InChI=1S/C23H18N4O2S/c28-22(29)20-9-4-7-17(24-20)15-12-11-14-5-3-8-18(16(14)13-15)26-27-23-25-19-6-1-2-10-21(19)30-23/h1-2,4,6-7,9-13H,3,5,8H2,(H,25,27)(H,28,29)/b26-18-. The first-order chi connectivity index (χ1) is 14.7. The van der Waals surface area contributed by atoms with E-state index in [0.29, 0.717) is 5.69 Å². The Hall–Kier alpha value is -3.58. The van der Waals surface area contributed by atoms with E-state index >= 15 is 0 Å². The summed E-state index contributed by atoms with van der Waals surface area (Å²) >= 11 is 1.58. The number of aromatic nitrogens is 2. The Kier molecular flexibility index (Phi) is 4.72. The number of pyridine rings is 1. The number of rotatable bonds is 4. The van der Waals surface area contributed by atoms with Gasteiger partial charge in [0.25, 0.3) is 0 Å². The van der Waals surface area contributed by atoms with Crippen molar-refractivity contribution in [2.75, 3.05) is 5.43 Å². The zero-order valence-corrected chi connectivity index (χ0v) is 16.8. The molecule has 0 radical (unpaired) electrons. The average molecular weight is 414 g/mol. The van der Waals surface area contributed by atoms with Crippen LogP contribution in [-0.4, -0.2) is 26.8 Å². The summed E-state index contributed by atoms with van der Waals surface area (Å²) in [6, 6.07) is 19.2. The number of anilines is 1. The molecule has 0 unspecified atom stereocenters. The zero-order chi connectivity index (χ0) is 20.5. The Morgan fingerprint density at radius 2 is 1.93 bits per heavy atom. The second kappa shape index (κ2) is 7.68. The molecule has 2 aromatic heterocycles. The third-order valence-electron chi connectivity index (χ3n) is 5.12. The van der Waals surface area contributed by atoms with Crippen LogP contribution in [0.3, 0.4) is 0 Å². The highest BCUT2D eigenvalue weighted by molar-refractivity contribution is 7.22. The minimum absolute atomic E-state index is 0.0385. The van der Waals surface area contributed by atoms with Crippen molar-refractivity contribution in [3.05, 3.63) is 77.5 Å². The van der Waals surface area contributed by atoms with Crippen molar-refractivity contribution in [1.82, 2.24) is 9.97 Å². The van der Waals surface area contributed by atoms with Gasteiger partial charge in [0, 0.05) is 11.1 Å². The molecule has 0 saturated heterocycles. The van der Waals surface area contributed by atoms with E-state index in [-0.39, 0.29) is 5.69 Å². The lowest BCUT2D eigenvalue weighted by atomic mass is 9.88. The van der Waals surface area contributed by atoms with Crippen LogP contribution in [0.5, 0.6) is 0 Å². The Morgan fingerprint density at radius 1 is 1.03 bits per heavy atom. The molecule has 5 rings (SSSR count). The fraction of sp³-hybridized carbons (Fsp3) is 0.130. The number of carboxylic acids is 1. The van der Waals surface area contributed by atoms with E-state index in [9.17, 15) is 9.90 Å². The molecule has 2 N–H and O–H groups in total. The van der Waals surface area contributed by atoms with Crippen LogP contribution < -0.4 is 5.43 Å². The first kappa shape index (κ1) is 18.4. The van der Waals surface area contributed by atoms with Crippen molar-refractivity contribution < 1.29 is 9.90 Å². The highest BCUT2D eigenvalue weighted by Crippen LogP contribution is 2.29. The Bertz CT molecular complexity index is 1260. The van der Waals surface area contributed by atoms with Crippen LogP contribution in [0, 0.1) is 0 Å². The van der Waals surface area contributed by atoms with Crippen molar-refractivity contribution in [1.29, 1.82) is 0 Å². The summed E-state index contributed by atoms with van der Waals surface area (Å²) in [4.78, 5) is 20.1. The van der Waals surface area contributed by atoms with Gasteiger partial charge in [0.1, 0.15) is 5.69 Å². The summed E-state index contributed by atoms with van der Waals surface area (Å²) in [5.41, 5.74) is 8.95. The fourth-order valence-corrected chi connectivity index (χ4v) is 4.48. The minimum atomic E-state index is -1.03. The molecule has 30 heavy (non-hydrogen) atoms. The van der Waals surface area contributed by atoms with E-state index in [1.165, 1.54) is 11.6 Å². The number of aromatic carboxylic acids is 1. The third-order valence-corrected chi connectivity index (χ3v) is 6.07. The zero-order valence-electron chi connectivity index (χ0n) is 16.0. The SMILES string of the molecule is O=C(O)c1cccc(-c2ccc3c(c2)/C(=N\Nc2nc4ccccc4s2)CCC3)n1. The van der Waals surface area contributed by atoms with Gasteiger partial charge in [0.2, 0.25) is 5.13 Å². The minimum Gasteiger partial charge on any atom is -0.477 e. The lowest BCUT2D eigenvalue weighted by Gasteiger charge is -2.19. The number of aryl methyl sites for hydroxylation is 1. The van der Waals surface area contributed by atoms with Gasteiger partial charge < -0.3 is 5.11 Å². The van der Waals surface area contributed by atoms with Gasteiger partial charge in [-0.15, -0.1) is 0 Å². The number of carbonyl (C=O) groups is 1. The molecule has 0 atom stereocenters. The maximum Gasteiger partial charge on any atom is 0.354 e. The molecule has 0 fully saturated rings. The Morgan fingerprint density at radius 3 is 2.80 bits per heavy atom. The molecule has 1 aliphatic carbocycles. The second-order valence-electron chi connectivity index (χ2n) is 7.10. The van der Waals surface area contributed by atoms with Gasteiger partial charge in [0.15, 0.2) is 0 Å². The average Bonchev–Trinajstić information content (AvgIpc) is 3.20. The molecule has 148 valence electrons. The lowest BCUT2D eigenvalue weighted by Crippen LogP contribution is -2.14. The van der Waals surface area contributed by atoms with Crippen LogP contribution in [0.4, 0.5) is 5.13 Å². The summed E-state index contributed by atoms with van der Waals surface area (Å²) < 4.78 is 1.12. The van der Waals surface area contributed by atoms with Gasteiger partial charge in [-0.1, -0.05) is 41.7 Å². The van der Waals surface area contributed by atoms with Crippen LogP contribution >= 0.6 is 11.3 Å². The van der Waals surface area contributed by atoms with Gasteiger partial charge >= 0.3 is 5.97 Å². The molecule has 7 heteroatoms. The monoisotopic (exact) mass is 414 g/mol. The van der Waals surface area contributed by atoms with Crippen LogP contribution in [0.15, 0.2) is 65.8 Å². The summed E-state index contributed by atoms with van der Waals surface area (Å²) in [7, 11) is 0. The number of hydrogen-bond acceptors (Lipinski definition) is 6. The smallest absolute Gasteiger partial charge is 0.354 e. The topological polar surface area (TPSA) is 87.5 Å². The van der Waals surface area contributed by atoms with E-state index in [2.05, 4.69) is 32.6 Å². The summed E-state index contributed by atoms with van der Waals surface area (Å²) in [6.07, 6.45) is 2.91. The quantitative estimate of drug-likeness (QED) is 0.448. The number of hydrogen-bond donors (Lipinski definition) is 2. The number of benzene rings is 2. The Balaban J connectivity index is 1.48. The van der Waals surface area contributed by atoms with E-state index in [4.69, 9.17) is 0 Å². The maximum atomic E-state index is 11.3. The van der Waals surface area contributed by atoms with Gasteiger partial charge in [0.05, 0.1) is 21.6 Å². The summed E-state index contributed by atoms with van der Waals surface area (Å²) in [6.45, 7) is 0. The summed E-state index contributed by atoms with van der Waals surface area (Å²) in [5, 5.41) is 14.7. The molecule has 0 aliphatic heterocycles. The van der Waals surface area contributed by atoms with Crippen molar-refractivity contribution in [2.24, 2.45) is 5.10 Å². The van der Waals surface area contributed by atoms with Crippen molar-refractivity contribution >= 4 is 38.4 Å². The Labute approximate surface area is 176 Å². The number of para-hydroxylation sites is 1. The number of nitrogens with zero attached hydrogens (tertiary/aromatic N) is 3. The number of thiazole rings is 1. The van der Waals surface area contributed by atoms with Crippen LogP contribution in [0.25, 0.3) is 21.5 Å². The van der Waals surface area contributed by atoms with Crippen LogP contribution in [0.2, 0.25) is 0 Å². The predicted octanol–water partition coefficient (Wildman–Crippen LogP) is 5.21. The molecular formula is C23H18N4O2S. The van der Waals surface area contributed by atoms with Crippen molar-refractivity contribution in [3.8, 4) is 11.3 Å². The second-order valence-corrected chi connectivity index (χ2v) is 8.13. The highest BCUT2D eigenvalue weighted by atomic mass is 32.1. The van der Waals surface area contributed by atoms with Crippen molar-refractivity contribution in [3.63, 3.8) is 0 Å². The molecule has 4 aromatic rings. The number of hydrazone groups is 1. The molecule has 2 aromatic carbocycles. The number of fused-ring (bicyclic) bond motifs is 2. The maximum absolute atomic E-state index is 11.3. The van der Waals surface area contributed by atoms with Crippen LogP contribution in [-0.2, 0) is 6.42 Å². The highest BCUT2D eigenvalue weighted by Gasteiger charge is 2.17. The van der Waals surface area contributed by atoms with Gasteiger partial charge in [-0.25, -0.2) is 14.8 Å². The normalized spacial score (nSPS) is 14.6. The molecule has 6 nitrogen and oxygen atoms in total. The van der Waals surface area contributed by atoms with Gasteiger partial charge in [-0.3, -0.25) is 5.43 Å². The molecular weight excluding hydrogens is 396 g/mol. The number of nitrogens with one attached hydrogen (secondary N) is 1. The largest absolute Gasteiger partial charge is 0.477 e. The van der Waals surface area contributed by atoms with Crippen LogP contribution in [0.1, 0.15) is 34.5 Å². The fourth-order valence-electron chi connectivity index (χ4n) is 3.67. The lowest BCUT2D eigenvalue weighted by molar-refractivity contribution is 0.0690. The first-order valence-corrected chi connectivity index (χ1v) is 10.5. The summed E-state index contributed by atoms with van der Waals surface area (Å²) in [5.74, 6) is -1.03. The molecule has 1 aliphatic rings. The van der Waals surface area contributed by atoms with Gasteiger partial charge in [-0.2, -0.15) is 5.10 Å². The van der Waals surface area contributed by atoms with E-state index in [1.807, 2.05) is 36.4 Å². The predicted molar refractivity (Wildman–Crippen MR) is 119 cm³/mol. The molecule has 0 saturated carbocycles. The van der Waals surface area contributed by atoms with Crippen molar-refractivity contribution in [2.45, 2.75) is 19.3 Å². The third kappa shape index (κ3) is 3.55. The van der Waals surface area contributed by atoms with Gasteiger partial charge in [-0.05, 0) is 55.2 Å². The first-order valence-electron chi connectivity index (χ1n) is 9.69. The number of carboxylic acid groups (broad SMARTS) is 1. The van der Waals surface area contributed by atoms with E-state index in [1.54, 1.807) is 17.4 Å². The molecule has 0 bridgehead atoms. The molecule has 2 heterocycles. The molecule has 0 spiro atoms.